The van der Waals surface area contributed by atoms with Gasteiger partial charge in [-0.15, -0.1) is 0 Å². The molecule has 0 bridgehead atoms. The van der Waals surface area contributed by atoms with Gasteiger partial charge in [-0.25, -0.2) is 0 Å². The molecule has 2 aromatic rings. The lowest BCUT2D eigenvalue weighted by Gasteiger charge is -2.12. The number of hydrogen-bond acceptors (Lipinski definition) is 3. The van der Waals surface area contributed by atoms with Gasteiger partial charge in [-0.05, 0) is 34.1 Å². The van der Waals surface area contributed by atoms with E-state index in [9.17, 15) is 4.79 Å². The molecular formula is C12H12BrClN4O. The Bertz CT molecular complexity index is 614. The van der Waals surface area contributed by atoms with Crippen LogP contribution in [0.1, 0.15) is 11.6 Å². The smallest absolute Gasteiger partial charge is 0.246 e. The van der Waals surface area contributed by atoms with Gasteiger partial charge in [0.05, 0.1) is 11.9 Å². The highest BCUT2D eigenvalue weighted by molar-refractivity contribution is 9.10. The van der Waals surface area contributed by atoms with Crippen molar-refractivity contribution in [2.75, 3.05) is 5.32 Å². The number of amides is 1. The van der Waals surface area contributed by atoms with Gasteiger partial charge in [0.25, 0.3) is 0 Å². The Morgan fingerprint density at radius 2 is 2.32 bits per heavy atom. The van der Waals surface area contributed by atoms with Crippen molar-refractivity contribution in [1.29, 1.82) is 0 Å². The van der Waals surface area contributed by atoms with Crippen molar-refractivity contribution in [3.8, 4) is 0 Å². The molecule has 0 spiro atoms. The number of carbonyl (C=O) groups excluding carboxylic acids is 1. The van der Waals surface area contributed by atoms with Crippen LogP contribution in [0.4, 0.5) is 5.69 Å². The predicted molar refractivity (Wildman–Crippen MR) is 77.9 cm³/mol. The van der Waals surface area contributed by atoms with E-state index in [1.165, 1.54) is 0 Å². The number of carbonyl (C=O) groups is 1. The van der Waals surface area contributed by atoms with E-state index in [0.717, 1.165) is 0 Å². The minimum atomic E-state index is -0.767. The number of nitrogens with two attached hydrogens (primary N) is 1. The molecule has 0 aliphatic heterocycles. The third-order valence-corrected chi connectivity index (χ3v) is 3.45. The Kier molecular flexibility index (Phi) is 4.24. The summed E-state index contributed by atoms with van der Waals surface area (Å²) in [4.78, 5) is 12.0. The Morgan fingerprint density at radius 3 is 2.89 bits per heavy atom. The van der Waals surface area contributed by atoms with Crippen molar-refractivity contribution in [2.45, 2.75) is 6.04 Å². The van der Waals surface area contributed by atoms with Gasteiger partial charge in [0.15, 0.2) is 0 Å². The first-order valence-corrected chi connectivity index (χ1v) is 6.64. The summed E-state index contributed by atoms with van der Waals surface area (Å²) in [7, 11) is 1.77. The molecule has 0 aliphatic rings. The molecule has 1 aromatic carbocycles. The highest BCUT2D eigenvalue weighted by Crippen LogP contribution is 2.26. The fraction of sp³-hybridized carbons (Fsp3) is 0.167. The van der Waals surface area contributed by atoms with Gasteiger partial charge >= 0.3 is 0 Å². The number of anilines is 1. The lowest BCUT2D eigenvalue weighted by Crippen LogP contribution is -2.27. The summed E-state index contributed by atoms with van der Waals surface area (Å²) in [6.07, 6.45) is 3.28. The molecule has 1 atom stereocenters. The fourth-order valence-corrected chi connectivity index (χ4v) is 2.34. The number of nitrogens with one attached hydrogen (secondary N) is 1. The zero-order valence-electron chi connectivity index (χ0n) is 10.1. The summed E-state index contributed by atoms with van der Waals surface area (Å²) in [6.45, 7) is 0. The summed E-state index contributed by atoms with van der Waals surface area (Å²) in [5.41, 5.74) is 7.15. The van der Waals surface area contributed by atoms with Gasteiger partial charge < -0.3 is 11.1 Å². The third-order valence-electron chi connectivity index (χ3n) is 2.56. The second-order valence-corrected chi connectivity index (χ2v) is 5.33. The van der Waals surface area contributed by atoms with Gasteiger partial charge in [-0.1, -0.05) is 11.6 Å². The molecular weight excluding hydrogens is 332 g/mol. The highest BCUT2D eigenvalue weighted by atomic mass is 79.9. The largest absolute Gasteiger partial charge is 0.323 e. The van der Waals surface area contributed by atoms with E-state index in [1.807, 2.05) is 0 Å². The van der Waals surface area contributed by atoms with E-state index < -0.39 is 6.04 Å². The molecule has 0 fully saturated rings. The normalized spacial score (nSPS) is 12.2. The van der Waals surface area contributed by atoms with Crippen LogP contribution in [0, 0.1) is 0 Å². The van der Waals surface area contributed by atoms with Crippen LogP contribution < -0.4 is 11.1 Å². The monoisotopic (exact) mass is 342 g/mol. The first-order chi connectivity index (χ1) is 8.97. The SMILES string of the molecule is Cn1cc(C(N)C(=O)Nc2ccc(Cl)cc2Br)cn1. The van der Waals surface area contributed by atoms with Crippen molar-refractivity contribution >= 4 is 39.1 Å². The topological polar surface area (TPSA) is 72.9 Å². The van der Waals surface area contributed by atoms with Gasteiger partial charge in [-0.2, -0.15) is 5.10 Å². The van der Waals surface area contributed by atoms with E-state index in [1.54, 1.807) is 42.3 Å². The van der Waals surface area contributed by atoms with Crippen molar-refractivity contribution < 1.29 is 4.79 Å². The van der Waals surface area contributed by atoms with Crippen molar-refractivity contribution in [2.24, 2.45) is 12.8 Å². The second-order valence-electron chi connectivity index (χ2n) is 4.04. The van der Waals surface area contributed by atoms with Crippen molar-refractivity contribution in [3.05, 3.63) is 45.7 Å². The van der Waals surface area contributed by atoms with E-state index >= 15 is 0 Å². The van der Waals surface area contributed by atoms with Crippen LogP contribution in [0.3, 0.4) is 0 Å². The molecule has 1 heterocycles. The lowest BCUT2D eigenvalue weighted by atomic mass is 10.1. The van der Waals surface area contributed by atoms with Crippen LogP contribution in [-0.4, -0.2) is 15.7 Å². The number of nitrogens with zero attached hydrogens (tertiary/aromatic N) is 2. The maximum atomic E-state index is 12.0. The number of aryl methyl sites for hydroxylation is 1. The zero-order chi connectivity index (χ0) is 14.0. The molecule has 1 amide bonds. The molecule has 2 rings (SSSR count). The van der Waals surface area contributed by atoms with Crippen LogP contribution in [0.2, 0.25) is 5.02 Å². The quantitative estimate of drug-likeness (QED) is 0.899. The van der Waals surface area contributed by atoms with Crippen LogP contribution in [0.5, 0.6) is 0 Å². The van der Waals surface area contributed by atoms with Crippen LogP contribution in [0.15, 0.2) is 35.1 Å². The number of benzene rings is 1. The molecule has 0 saturated heterocycles. The summed E-state index contributed by atoms with van der Waals surface area (Å²) in [5.74, 6) is -0.309. The summed E-state index contributed by atoms with van der Waals surface area (Å²) >= 11 is 9.16. The number of rotatable bonds is 3. The second kappa shape index (κ2) is 5.73. The Balaban J connectivity index is 2.12. The van der Waals surface area contributed by atoms with E-state index in [2.05, 4.69) is 26.3 Å². The standard InChI is InChI=1S/C12H12BrClN4O/c1-18-6-7(5-16-18)11(15)12(19)17-10-3-2-8(14)4-9(10)13/h2-6,11H,15H2,1H3,(H,17,19). The molecule has 7 heteroatoms. The molecule has 1 aromatic heterocycles. The summed E-state index contributed by atoms with van der Waals surface area (Å²) < 4.78 is 2.30. The number of hydrogen-bond donors (Lipinski definition) is 2. The Hall–Kier alpha value is -1.37. The highest BCUT2D eigenvalue weighted by Gasteiger charge is 2.18. The van der Waals surface area contributed by atoms with Gasteiger partial charge in [-0.3, -0.25) is 9.48 Å². The average Bonchev–Trinajstić information content (AvgIpc) is 2.78. The average molecular weight is 344 g/mol. The fourth-order valence-electron chi connectivity index (χ4n) is 1.55. The molecule has 1 unspecified atom stereocenters. The van der Waals surface area contributed by atoms with Gasteiger partial charge in [0, 0.05) is 28.3 Å². The molecule has 3 N–H and O–H groups in total. The predicted octanol–water partition coefficient (Wildman–Crippen LogP) is 2.47. The van der Waals surface area contributed by atoms with Crippen molar-refractivity contribution in [1.82, 2.24) is 9.78 Å². The minimum Gasteiger partial charge on any atom is -0.323 e. The summed E-state index contributed by atoms with van der Waals surface area (Å²) in [6, 6.07) is 4.33. The Labute approximate surface area is 123 Å². The van der Waals surface area contributed by atoms with Crippen LogP contribution in [0.25, 0.3) is 0 Å². The van der Waals surface area contributed by atoms with E-state index in [-0.39, 0.29) is 5.91 Å². The lowest BCUT2D eigenvalue weighted by molar-refractivity contribution is -0.117. The van der Waals surface area contributed by atoms with E-state index in [4.69, 9.17) is 17.3 Å². The molecule has 19 heavy (non-hydrogen) atoms. The van der Waals surface area contributed by atoms with E-state index in [0.29, 0.717) is 20.7 Å². The van der Waals surface area contributed by atoms with Gasteiger partial charge in [0.1, 0.15) is 6.04 Å². The summed E-state index contributed by atoms with van der Waals surface area (Å²) in [5, 5.41) is 7.31. The van der Waals surface area contributed by atoms with Crippen LogP contribution in [-0.2, 0) is 11.8 Å². The number of halogens is 2. The molecule has 0 saturated carbocycles. The molecule has 5 nitrogen and oxygen atoms in total. The first-order valence-electron chi connectivity index (χ1n) is 5.47. The number of aromatic nitrogens is 2. The maximum absolute atomic E-state index is 12.0. The maximum Gasteiger partial charge on any atom is 0.246 e. The third kappa shape index (κ3) is 3.34. The molecule has 100 valence electrons. The molecule has 0 aliphatic carbocycles. The van der Waals surface area contributed by atoms with Gasteiger partial charge in [0.2, 0.25) is 5.91 Å². The molecule has 0 radical (unpaired) electrons. The van der Waals surface area contributed by atoms with Crippen molar-refractivity contribution in [3.63, 3.8) is 0 Å². The zero-order valence-corrected chi connectivity index (χ0v) is 12.4. The van der Waals surface area contributed by atoms with Crippen LogP contribution >= 0.6 is 27.5 Å². The first kappa shape index (κ1) is 14.0. The minimum absolute atomic E-state index is 0.309. The Morgan fingerprint density at radius 1 is 1.58 bits per heavy atom.